The van der Waals surface area contributed by atoms with Crippen LogP contribution in [0.2, 0.25) is 5.15 Å². The maximum atomic E-state index is 11.4. The molecule has 2 rings (SSSR count). The van der Waals surface area contributed by atoms with Crippen LogP contribution >= 0.6 is 11.6 Å². The number of hydrogen-bond donors (Lipinski definition) is 2. The molecule has 5 nitrogen and oxygen atoms in total. The molecule has 0 aliphatic heterocycles. The Labute approximate surface area is 111 Å². The zero-order chi connectivity index (χ0) is 13.0. The van der Waals surface area contributed by atoms with E-state index in [4.69, 9.17) is 11.6 Å². The quantitative estimate of drug-likeness (QED) is 0.611. The molecule has 1 aliphatic rings. The van der Waals surface area contributed by atoms with E-state index in [1.165, 1.54) is 0 Å². The third kappa shape index (κ3) is 4.49. The van der Waals surface area contributed by atoms with Gasteiger partial charge in [-0.2, -0.15) is 0 Å². The molecule has 0 bridgehead atoms. The Morgan fingerprint density at radius 2 is 2.28 bits per heavy atom. The molecule has 1 aromatic heterocycles. The van der Waals surface area contributed by atoms with E-state index in [1.807, 2.05) is 0 Å². The van der Waals surface area contributed by atoms with Gasteiger partial charge in [-0.15, -0.1) is 0 Å². The fourth-order valence-corrected chi connectivity index (χ4v) is 1.84. The Hall–Kier alpha value is -1.36. The normalized spacial score (nSPS) is 14.3. The molecule has 0 saturated heterocycles. The van der Waals surface area contributed by atoms with Crippen molar-refractivity contribution in [2.45, 2.75) is 38.6 Å². The lowest BCUT2D eigenvalue weighted by atomic mass is 10.3. The van der Waals surface area contributed by atoms with Crippen LogP contribution in [0.25, 0.3) is 0 Å². The minimum absolute atomic E-state index is 0.135. The Bertz CT molecular complexity index is 414. The first kappa shape index (κ1) is 13.1. The summed E-state index contributed by atoms with van der Waals surface area (Å²) in [4.78, 5) is 19.6. The molecule has 1 aliphatic carbocycles. The van der Waals surface area contributed by atoms with Gasteiger partial charge in [0.2, 0.25) is 5.91 Å². The molecule has 1 saturated carbocycles. The average molecular weight is 269 g/mol. The van der Waals surface area contributed by atoms with Gasteiger partial charge >= 0.3 is 0 Å². The van der Waals surface area contributed by atoms with Crippen LogP contribution in [0.1, 0.15) is 31.5 Å². The molecule has 1 fully saturated rings. The average Bonchev–Trinajstić information content (AvgIpc) is 3.07. The summed E-state index contributed by atoms with van der Waals surface area (Å²) >= 11 is 5.82. The number of aromatic nitrogens is 2. The van der Waals surface area contributed by atoms with Crippen LogP contribution in [0.3, 0.4) is 0 Å². The number of hydrogen-bond acceptors (Lipinski definition) is 4. The van der Waals surface area contributed by atoms with E-state index < -0.39 is 0 Å². The van der Waals surface area contributed by atoms with Crippen LogP contribution in [0.15, 0.2) is 6.07 Å². The second kappa shape index (κ2) is 6.00. The molecule has 0 atom stereocenters. The summed E-state index contributed by atoms with van der Waals surface area (Å²) in [6.07, 6.45) is 3.58. The molecule has 2 N–H and O–H groups in total. The van der Waals surface area contributed by atoms with Crippen molar-refractivity contribution >= 4 is 23.3 Å². The first-order valence-electron chi connectivity index (χ1n) is 6.18. The van der Waals surface area contributed by atoms with Gasteiger partial charge < -0.3 is 10.6 Å². The van der Waals surface area contributed by atoms with Crippen LogP contribution in [0.4, 0.5) is 5.82 Å². The zero-order valence-electron chi connectivity index (χ0n) is 10.4. The van der Waals surface area contributed by atoms with E-state index in [-0.39, 0.29) is 5.91 Å². The van der Waals surface area contributed by atoms with Gasteiger partial charge in [0.05, 0.1) is 0 Å². The van der Waals surface area contributed by atoms with Crippen LogP contribution in [0, 0.1) is 6.92 Å². The number of rotatable bonds is 6. The summed E-state index contributed by atoms with van der Waals surface area (Å²) in [5.41, 5.74) is 0. The molecule has 1 heterocycles. The largest absolute Gasteiger partial charge is 0.370 e. The molecular weight excluding hydrogens is 252 g/mol. The van der Waals surface area contributed by atoms with Gasteiger partial charge in [-0.3, -0.25) is 4.79 Å². The lowest BCUT2D eigenvalue weighted by Crippen LogP contribution is -2.25. The standard InChI is InChI=1S/C12H17ClN4O/c1-8-15-10(13)7-11(16-8)14-6-2-3-12(18)17-9-4-5-9/h7,9H,2-6H2,1H3,(H,17,18)(H,14,15,16). The first-order valence-corrected chi connectivity index (χ1v) is 6.56. The third-order valence-electron chi connectivity index (χ3n) is 2.64. The van der Waals surface area contributed by atoms with E-state index >= 15 is 0 Å². The number of nitrogens with zero attached hydrogens (tertiary/aromatic N) is 2. The van der Waals surface area contributed by atoms with Crippen LogP contribution in [0.5, 0.6) is 0 Å². The van der Waals surface area contributed by atoms with Gasteiger partial charge in [-0.1, -0.05) is 11.6 Å². The lowest BCUT2D eigenvalue weighted by molar-refractivity contribution is -0.121. The van der Waals surface area contributed by atoms with Crippen LogP contribution in [-0.2, 0) is 4.79 Å². The van der Waals surface area contributed by atoms with Crippen molar-refractivity contribution in [2.24, 2.45) is 0 Å². The Kier molecular flexibility index (Phi) is 4.36. The van der Waals surface area contributed by atoms with Crippen LogP contribution < -0.4 is 10.6 Å². The van der Waals surface area contributed by atoms with E-state index in [0.29, 0.717) is 35.8 Å². The number of amides is 1. The number of anilines is 1. The minimum Gasteiger partial charge on any atom is -0.370 e. The van der Waals surface area contributed by atoms with E-state index in [0.717, 1.165) is 19.3 Å². The number of nitrogens with one attached hydrogen (secondary N) is 2. The number of halogens is 1. The highest BCUT2D eigenvalue weighted by Gasteiger charge is 2.22. The van der Waals surface area contributed by atoms with Crippen molar-refractivity contribution in [3.8, 4) is 0 Å². The third-order valence-corrected chi connectivity index (χ3v) is 2.83. The number of carbonyl (C=O) groups excluding carboxylic acids is 1. The first-order chi connectivity index (χ1) is 8.63. The molecule has 6 heteroatoms. The summed E-state index contributed by atoms with van der Waals surface area (Å²) in [6, 6.07) is 2.12. The highest BCUT2D eigenvalue weighted by Crippen LogP contribution is 2.18. The van der Waals surface area contributed by atoms with Gasteiger partial charge in [-0.25, -0.2) is 9.97 Å². The SMILES string of the molecule is Cc1nc(Cl)cc(NCCCC(=O)NC2CC2)n1. The number of carbonyl (C=O) groups is 1. The molecule has 1 amide bonds. The molecule has 0 unspecified atom stereocenters. The van der Waals surface area contributed by atoms with Crippen molar-refractivity contribution in [3.05, 3.63) is 17.0 Å². The minimum atomic E-state index is 0.135. The Balaban J connectivity index is 1.66. The molecule has 18 heavy (non-hydrogen) atoms. The lowest BCUT2D eigenvalue weighted by Gasteiger charge is -2.06. The van der Waals surface area contributed by atoms with Crippen molar-refractivity contribution in [1.29, 1.82) is 0 Å². The van der Waals surface area contributed by atoms with Crippen molar-refractivity contribution < 1.29 is 4.79 Å². The van der Waals surface area contributed by atoms with Gasteiger partial charge in [0.15, 0.2) is 0 Å². The molecule has 0 spiro atoms. The van der Waals surface area contributed by atoms with Gasteiger partial charge in [0.25, 0.3) is 0 Å². The monoisotopic (exact) mass is 268 g/mol. The Morgan fingerprint density at radius 1 is 1.50 bits per heavy atom. The summed E-state index contributed by atoms with van der Waals surface area (Å²) in [5.74, 6) is 1.47. The molecular formula is C12H17ClN4O. The molecule has 98 valence electrons. The molecule has 0 radical (unpaired) electrons. The van der Waals surface area contributed by atoms with Gasteiger partial charge in [-0.05, 0) is 26.2 Å². The predicted octanol–water partition coefficient (Wildman–Crippen LogP) is 1.91. The smallest absolute Gasteiger partial charge is 0.220 e. The molecule has 1 aromatic rings. The second-order valence-electron chi connectivity index (χ2n) is 4.50. The van der Waals surface area contributed by atoms with E-state index in [1.54, 1.807) is 13.0 Å². The predicted molar refractivity (Wildman–Crippen MR) is 70.7 cm³/mol. The fourth-order valence-electron chi connectivity index (χ4n) is 1.61. The zero-order valence-corrected chi connectivity index (χ0v) is 11.1. The Morgan fingerprint density at radius 3 is 2.94 bits per heavy atom. The maximum absolute atomic E-state index is 11.4. The van der Waals surface area contributed by atoms with Gasteiger partial charge in [0, 0.05) is 25.1 Å². The summed E-state index contributed by atoms with van der Waals surface area (Å²) in [5, 5.41) is 6.52. The van der Waals surface area contributed by atoms with Crippen molar-refractivity contribution in [3.63, 3.8) is 0 Å². The highest BCUT2D eigenvalue weighted by molar-refractivity contribution is 6.29. The summed E-state index contributed by atoms with van der Waals surface area (Å²) < 4.78 is 0. The van der Waals surface area contributed by atoms with Crippen molar-refractivity contribution in [2.75, 3.05) is 11.9 Å². The topological polar surface area (TPSA) is 66.9 Å². The second-order valence-corrected chi connectivity index (χ2v) is 4.88. The fraction of sp³-hybridized carbons (Fsp3) is 0.583. The van der Waals surface area contributed by atoms with E-state index in [2.05, 4.69) is 20.6 Å². The number of aryl methyl sites for hydroxylation is 1. The highest BCUT2D eigenvalue weighted by atomic mass is 35.5. The summed E-state index contributed by atoms with van der Waals surface area (Å²) in [6.45, 7) is 2.49. The van der Waals surface area contributed by atoms with E-state index in [9.17, 15) is 4.79 Å². The summed E-state index contributed by atoms with van der Waals surface area (Å²) in [7, 11) is 0. The maximum Gasteiger partial charge on any atom is 0.220 e. The van der Waals surface area contributed by atoms with Crippen LogP contribution in [-0.4, -0.2) is 28.5 Å². The van der Waals surface area contributed by atoms with Crippen molar-refractivity contribution in [1.82, 2.24) is 15.3 Å². The molecule has 0 aromatic carbocycles. The van der Waals surface area contributed by atoms with Gasteiger partial charge in [0.1, 0.15) is 16.8 Å².